The van der Waals surface area contributed by atoms with Crippen LogP contribution in [0.3, 0.4) is 0 Å². The fourth-order valence-electron chi connectivity index (χ4n) is 4.06. The van der Waals surface area contributed by atoms with Gasteiger partial charge in [-0.1, -0.05) is 6.58 Å². The minimum absolute atomic E-state index is 0.120. The quantitative estimate of drug-likeness (QED) is 0.426. The molecule has 2 amide bonds. The molecule has 2 atom stereocenters. The first kappa shape index (κ1) is 23.4. The molecule has 1 aliphatic heterocycles. The summed E-state index contributed by atoms with van der Waals surface area (Å²) in [4.78, 5) is 32.6. The van der Waals surface area contributed by atoms with E-state index in [2.05, 4.69) is 16.9 Å². The van der Waals surface area contributed by atoms with E-state index in [-0.39, 0.29) is 29.9 Å². The summed E-state index contributed by atoms with van der Waals surface area (Å²) in [5.41, 5.74) is 1.84. The van der Waals surface area contributed by atoms with Crippen LogP contribution in [-0.4, -0.2) is 33.5 Å². The molecule has 0 bridgehead atoms. The molecule has 0 spiro atoms. The number of fused-ring (bicyclic) bond motifs is 2. The molecule has 0 saturated heterocycles. The van der Waals surface area contributed by atoms with E-state index in [4.69, 9.17) is 4.74 Å². The summed E-state index contributed by atoms with van der Waals surface area (Å²) in [6.07, 6.45) is 1.43. The monoisotopic (exact) mass is 487 g/mol. The van der Waals surface area contributed by atoms with Crippen molar-refractivity contribution in [3.05, 3.63) is 47.1 Å². The molecule has 0 fully saturated rings. The number of carbonyl (C=O) groups excluding carboxylic acids is 2. The first-order chi connectivity index (χ1) is 15.5. The molecule has 1 aromatic carbocycles. The smallest absolute Gasteiger partial charge is 0.411 e. The van der Waals surface area contributed by atoms with E-state index >= 15 is 0 Å². The number of thiazole rings is 1. The van der Waals surface area contributed by atoms with Crippen molar-refractivity contribution in [2.45, 2.75) is 58.7 Å². The topological polar surface area (TPSA) is 71.5 Å². The number of nitrogens with one attached hydrogen (secondary N) is 1. The Balaban J connectivity index is 1.83. The molecule has 3 heterocycles. The number of anilines is 1. The summed E-state index contributed by atoms with van der Waals surface area (Å²) in [6.45, 7) is 13.0. The Labute approximate surface area is 200 Å². The number of amides is 2. The van der Waals surface area contributed by atoms with Gasteiger partial charge in [0.05, 0.1) is 16.3 Å². The lowest BCUT2D eigenvalue weighted by Gasteiger charge is -2.39. The highest BCUT2D eigenvalue weighted by molar-refractivity contribution is 7.23. The van der Waals surface area contributed by atoms with E-state index in [0.717, 1.165) is 20.7 Å². The lowest BCUT2D eigenvalue weighted by Crippen LogP contribution is -2.46. The second-order valence-electron chi connectivity index (χ2n) is 9.09. The maximum absolute atomic E-state index is 13.7. The van der Waals surface area contributed by atoms with Gasteiger partial charge < -0.3 is 10.1 Å². The number of carbonyl (C=O) groups is 2. The van der Waals surface area contributed by atoms with E-state index in [0.29, 0.717) is 21.9 Å². The zero-order chi connectivity index (χ0) is 24.1. The highest BCUT2D eigenvalue weighted by atomic mass is 32.1. The molecule has 174 valence electrons. The van der Waals surface area contributed by atoms with Crippen LogP contribution in [0, 0.1) is 5.82 Å². The second-order valence-corrected chi connectivity index (χ2v) is 11.2. The van der Waals surface area contributed by atoms with E-state index in [1.807, 2.05) is 34.6 Å². The van der Waals surface area contributed by atoms with E-state index in [9.17, 15) is 14.0 Å². The number of hydrogen-bond donors (Lipinski definition) is 1. The van der Waals surface area contributed by atoms with Crippen molar-refractivity contribution in [1.29, 1.82) is 0 Å². The van der Waals surface area contributed by atoms with Gasteiger partial charge in [0, 0.05) is 22.5 Å². The first-order valence-electron chi connectivity index (χ1n) is 10.6. The molecule has 1 N–H and O–H groups in total. The first-order valence-corrected chi connectivity index (χ1v) is 12.3. The lowest BCUT2D eigenvalue weighted by atomic mass is 9.93. The zero-order valence-electron chi connectivity index (χ0n) is 19.2. The molecule has 4 rings (SSSR count). The molecule has 2 unspecified atom stereocenters. The maximum atomic E-state index is 13.7. The Morgan fingerprint density at radius 1 is 1.30 bits per heavy atom. The molecular weight excluding hydrogens is 461 g/mol. The predicted octanol–water partition coefficient (Wildman–Crippen LogP) is 6.53. The van der Waals surface area contributed by atoms with Crippen LogP contribution in [0.4, 0.5) is 14.2 Å². The minimum Gasteiger partial charge on any atom is -0.444 e. The van der Waals surface area contributed by atoms with Crippen molar-refractivity contribution in [2.24, 2.45) is 0 Å². The zero-order valence-corrected chi connectivity index (χ0v) is 20.8. The number of hydrogen-bond acceptors (Lipinski definition) is 6. The number of ether oxygens (including phenoxy) is 1. The van der Waals surface area contributed by atoms with Crippen LogP contribution in [0.2, 0.25) is 0 Å². The molecule has 2 aromatic heterocycles. The Morgan fingerprint density at radius 2 is 2.03 bits per heavy atom. The largest absolute Gasteiger partial charge is 0.444 e. The van der Waals surface area contributed by atoms with Crippen LogP contribution in [0.25, 0.3) is 20.8 Å². The normalized spacial score (nSPS) is 18.2. The standard InChI is InChI=1S/C24H26FN3O3S2/c1-7-18(29)27-22-19(21-26-16-11-14(25)8-9-17(16)32-21)15-10-12(2)28(13(3)20(15)33-22)23(30)31-24(4,5)6/h7-9,11-13H,1,10H2,2-6H3,(H,27,29). The van der Waals surface area contributed by atoms with Gasteiger partial charge in [-0.05, 0) is 64.8 Å². The summed E-state index contributed by atoms with van der Waals surface area (Å²) in [7, 11) is 0. The summed E-state index contributed by atoms with van der Waals surface area (Å²) < 4.78 is 20.3. The van der Waals surface area contributed by atoms with Gasteiger partial charge in [-0.2, -0.15) is 0 Å². The Morgan fingerprint density at radius 3 is 2.70 bits per heavy atom. The maximum Gasteiger partial charge on any atom is 0.411 e. The van der Waals surface area contributed by atoms with Gasteiger partial charge in [-0.15, -0.1) is 22.7 Å². The Hall–Kier alpha value is -2.78. The van der Waals surface area contributed by atoms with Crippen LogP contribution in [-0.2, 0) is 16.0 Å². The Kier molecular flexibility index (Phi) is 6.05. The fourth-order valence-corrected chi connectivity index (χ4v) is 6.44. The summed E-state index contributed by atoms with van der Waals surface area (Å²) in [6, 6.07) is 4.17. The summed E-state index contributed by atoms with van der Waals surface area (Å²) >= 11 is 2.88. The minimum atomic E-state index is -0.600. The van der Waals surface area contributed by atoms with Crippen molar-refractivity contribution in [3.63, 3.8) is 0 Å². The van der Waals surface area contributed by atoms with E-state index in [1.54, 1.807) is 11.0 Å². The van der Waals surface area contributed by atoms with Gasteiger partial charge in [0.15, 0.2) is 0 Å². The Bertz CT molecular complexity index is 1260. The number of benzene rings is 1. The molecule has 6 nitrogen and oxygen atoms in total. The van der Waals surface area contributed by atoms with Crippen molar-refractivity contribution in [1.82, 2.24) is 9.88 Å². The van der Waals surface area contributed by atoms with E-state index in [1.165, 1.54) is 40.9 Å². The van der Waals surface area contributed by atoms with Crippen LogP contribution in [0.1, 0.15) is 51.1 Å². The molecule has 0 aliphatic carbocycles. The number of thiophene rings is 1. The van der Waals surface area contributed by atoms with Gasteiger partial charge in [0.2, 0.25) is 5.91 Å². The van der Waals surface area contributed by atoms with Crippen molar-refractivity contribution in [2.75, 3.05) is 5.32 Å². The predicted molar refractivity (Wildman–Crippen MR) is 131 cm³/mol. The third kappa shape index (κ3) is 4.52. The molecular formula is C24H26FN3O3S2. The van der Waals surface area contributed by atoms with E-state index < -0.39 is 5.60 Å². The summed E-state index contributed by atoms with van der Waals surface area (Å²) in [5.74, 6) is -0.672. The number of halogens is 1. The van der Waals surface area contributed by atoms with Crippen molar-refractivity contribution >= 4 is 49.9 Å². The molecule has 9 heteroatoms. The van der Waals surface area contributed by atoms with Gasteiger partial charge in [0.1, 0.15) is 21.4 Å². The highest BCUT2D eigenvalue weighted by Crippen LogP contribution is 2.50. The molecule has 0 radical (unpaired) electrons. The third-order valence-corrected chi connectivity index (χ3v) is 7.77. The number of aromatic nitrogens is 1. The molecule has 3 aromatic rings. The molecule has 33 heavy (non-hydrogen) atoms. The number of rotatable bonds is 3. The van der Waals surface area contributed by atoms with Gasteiger partial charge in [0.25, 0.3) is 0 Å². The van der Waals surface area contributed by atoms with Crippen molar-refractivity contribution in [3.8, 4) is 10.6 Å². The number of nitrogens with zero attached hydrogens (tertiary/aromatic N) is 2. The molecule has 0 saturated carbocycles. The van der Waals surface area contributed by atoms with Crippen LogP contribution < -0.4 is 5.32 Å². The second kappa shape index (κ2) is 8.53. The average molecular weight is 488 g/mol. The molecule has 1 aliphatic rings. The highest BCUT2D eigenvalue weighted by Gasteiger charge is 2.39. The fraction of sp³-hybridized carbons (Fsp3) is 0.375. The third-order valence-electron chi connectivity index (χ3n) is 5.40. The van der Waals surface area contributed by atoms with Crippen LogP contribution in [0.5, 0.6) is 0 Å². The average Bonchev–Trinajstić information content (AvgIpc) is 3.26. The van der Waals surface area contributed by atoms with Gasteiger partial charge >= 0.3 is 6.09 Å². The van der Waals surface area contributed by atoms with Gasteiger partial charge in [-0.3, -0.25) is 9.69 Å². The van der Waals surface area contributed by atoms with Crippen molar-refractivity contribution < 1.29 is 18.7 Å². The SMILES string of the molecule is C=CC(=O)Nc1sc2c(c1-c1nc3cc(F)ccc3s1)CC(C)N(C(=O)OC(C)(C)C)C2C. The van der Waals surface area contributed by atoms with Gasteiger partial charge in [-0.25, -0.2) is 14.2 Å². The van der Waals surface area contributed by atoms with Crippen LogP contribution >= 0.6 is 22.7 Å². The summed E-state index contributed by atoms with van der Waals surface area (Å²) in [5, 5.41) is 4.26. The lowest BCUT2D eigenvalue weighted by molar-refractivity contribution is -0.111. The van der Waals surface area contributed by atoms with Crippen LogP contribution in [0.15, 0.2) is 30.9 Å².